The van der Waals surface area contributed by atoms with Crippen LogP contribution in [0.2, 0.25) is 0 Å². The second-order valence-electron chi connectivity index (χ2n) is 12.9. The average Bonchev–Trinajstić information content (AvgIpc) is 3.91. The summed E-state index contributed by atoms with van der Waals surface area (Å²) in [5.41, 5.74) is 8.54. The molecule has 0 N–H and O–H groups in total. The van der Waals surface area contributed by atoms with Crippen LogP contribution >= 0.6 is 0 Å². The first-order valence-corrected chi connectivity index (χ1v) is 17.0. The quantitative estimate of drug-likeness (QED) is 0.102. The van der Waals surface area contributed by atoms with Crippen LogP contribution in [0, 0.1) is 12.1 Å². The molecule has 7 heteroatoms. The molecule has 52 heavy (non-hydrogen) atoms. The number of nitrogens with zero attached hydrogens (tertiary/aromatic N) is 5. The molecule has 0 bridgehead atoms. The van der Waals surface area contributed by atoms with Crippen LogP contribution in [0.4, 0.5) is 4.39 Å². The second-order valence-corrected chi connectivity index (χ2v) is 12.9. The SMILES string of the molecule is FC(c1[c-]c(-n2c3ccc4c(c5ccccc5n4-c4ccccc4)c3c3cccnc32)ccc1)c1[c-]c2c(cc1)c1ccccc1n1ccnc21.[Pd+2]. The van der Waals surface area contributed by atoms with E-state index in [4.69, 9.17) is 4.98 Å². The number of rotatable bonds is 4. The molecule has 1 unspecified atom stereocenters. The summed E-state index contributed by atoms with van der Waals surface area (Å²) >= 11 is 0. The molecule has 248 valence electrons. The van der Waals surface area contributed by atoms with Crippen molar-refractivity contribution in [1.82, 2.24) is 23.5 Å². The van der Waals surface area contributed by atoms with Crippen molar-refractivity contribution < 1.29 is 24.8 Å². The first kappa shape index (κ1) is 30.7. The minimum atomic E-state index is -1.45. The topological polar surface area (TPSA) is 40.0 Å². The van der Waals surface area contributed by atoms with E-state index in [2.05, 4.69) is 105 Å². The van der Waals surface area contributed by atoms with Gasteiger partial charge in [-0.15, -0.1) is 29.8 Å². The molecule has 1 atom stereocenters. The van der Waals surface area contributed by atoms with E-state index in [0.717, 1.165) is 82.4 Å². The molecule has 0 aliphatic rings. The van der Waals surface area contributed by atoms with E-state index in [-0.39, 0.29) is 20.4 Å². The van der Waals surface area contributed by atoms with Crippen molar-refractivity contribution in [3.8, 4) is 11.4 Å². The number of hydrogen-bond acceptors (Lipinski definition) is 2. The van der Waals surface area contributed by atoms with Gasteiger partial charge in [0.25, 0.3) is 0 Å². The molecule has 0 amide bonds. The number of para-hydroxylation sites is 3. The first-order valence-electron chi connectivity index (χ1n) is 17.0. The normalized spacial score (nSPS) is 12.5. The van der Waals surface area contributed by atoms with Gasteiger partial charge in [0.2, 0.25) is 0 Å². The van der Waals surface area contributed by atoms with E-state index in [1.807, 2.05) is 65.3 Å². The maximum atomic E-state index is 16.7. The van der Waals surface area contributed by atoms with E-state index >= 15 is 4.39 Å². The number of hydrogen-bond donors (Lipinski definition) is 0. The van der Waals surface area contributed by atoms with Crippen molar-refractivity contribution in [2.75, 3.05) is 0 Å². The van der Waals surface area contributed by atoms with Crippen molar-refractivity contribution in [2.24, 2.45) is 0 Å². The van der Waals surface area contributed by atoms with E-state index in [9.17, 15) is 0 Å². The maximum absolute atomic E-state index is 16.7. The molecule has 5 aromatic heterocycles. The van der Waals surface area contributed by atoms with Gasteiger partial charge in [-0.2, -0.15) is 18.2 Å². The van der Waals surface area contributed by atoms with Gasteiger partial charge in [-0.05, 0) is 53.9 Å². The fourth-order valence-corrected chi connectivity index (χ4v) is 8.06. The molecular weight excluding hydrogens is 736 g/mol. The predicted molar refractivity (Wildman–Crippen MR) is 204 cm³/mol. The van der Waals surface area contributed by atoms with E-state index < -0.39 is 6.17 Å². The Hall–Kier alpha value is -6.13. The van der Waals surface area contributed by atoms with Crippen LogP contribution in [-0.4, -0.2) is 23.5 Å². The van der Waals surface area contributed by atoms with Gasteiger partial charge in [-0.25, -0.2) is 9.37 Å². The average molecular weight is 762 g/mol. The zero-order valence-electron chi connectivity index (χ0n) is 27.4. The minimum absolute atomic E-state index is 0. The molecule has 0 saturated heterocycles. The molecule has 11 aromatic rings. The van der Waals surface area contributed by atoms with Crippen LogP contribution in [0.15, 0.2) is 152 Å². The van der Waals surface area contributed by atoms with Crippen molar-refractivity contribution in [3.63, 3.8) is 0 Å². The van der Waals surface area contributed by atoms with Gasteiger partial charge in [-0.1, -0.05) is 76.6 Å². The number of halogens is 1. The van der Waals surface area contributed by atoms with Gasteiger partial charge in [0, 0.05) is 51.3 Å². The molecule has 0 fully saturated rings. The second kappa shape index (κ2) is 11.7. The van der Waals surface area contributed by atoms with Crippen molar-refractivity contribution >= 4 is 71.1 Å². The minimum Gasteiger partial charge on any atom is -0.340 e. The van der Waals surface area contributed by atoms with Gasteiger partial charge in [-0.3, -0.25) is 4.98 Å². The molecule has 0 spiro atoms. The number of imidazole rings is 1. The molecule has 5 nitrogen and oxygen atoms in total. The monoisotopic (exact) mass is 761 g/mol. The van der Waals surface area contributed by atoms with E-state index in [0.29, 0.717) is 11.1 Å². The summed E-state index contributed by atoms with van der Waals surface area (Å²) in [6.07, 6.45) is 4.08. The number of alkyl halides is 1. The zero-order chi connectivity index (χ0) is 33.6. The van der Waals surface area contributed by atoms with Crippen LogP contribution in [0.5, 0.6) is 0 Å². The molecule has 0 radical (unpaired) electrons. The Morgan fingerprint density at radius 3 is 2.06 bits per heavy atom. The first-order chi connectivity index (χ1) is 25.2. The number of aromatic nitrogens is 5. The molecule has 6 aromatic carbocycles. The van der Waals surface area contributed by atoms with Crippen molar-refractivity contribution in [3.05, 3.63) is 175 Å². The van der Waals surface area contributed by atoms with Gasteiger partial charge < -0.3 is 13.5 Å². The molecule has 5 heterocycles. The van der Waals surface area contributed by atoms with E-state index in [1.165, 1.54) is 0 Å². The maximum Gasteiger partial charge on any atom is 2.00 e. The van der Waals surface area contributed by atoms with Crippen LogP contribution in [-0.2, 0) is 20.4 Å². The van der Waals surface area contributed by atoms with Crippen molar-refractivity contribution in [1.29, 1.82) is 0 Å². The fourth-order valence-electron chi connectivity index (χ4n) is 8.06. The molecule has 11 rings (SSSR count). The Morgan fingerprint density at radius 2 is 1.19 bits per heavy atom. The standard InChI is InChI=1S/C45H26FN5.Pd/c46-43(29-19-20-32-33-14-4-6-17-37(33)49-25-24-48-44(49)36(32)27-29)28-10-8-13-31(26-28)51-40-22-21-39-41(42(40)35-16-9-23-47-45(35)51)34-15-5-7-18-38(34)50(39)30-11-2-1-3-12-30;/h1-25,43H;/q-2;+2. The van der Waals surface area contributed by atoms with Gasteiger partial charge in [0.1, 0.15) is 11.8 Å². The molecule has 0 aliphatic carbocycles. The third-order valence-corrected chi connectivity index (χ3v) is 10.2. The summed E-state index contributed by atoms with van der Waals surface area (Å²) in [5, 5.41) is 7.32. The predicted octanol–water partition coefficient (Wildman–Crippen LogP) is 10.9. The summed E-state index contributed by atoms with van der Waals surface area (Å²) in [6, 6.07) is 52.0. The smallest absolute Gasteiger partial charge is 0.340 e. The Balaban J connectivity index is 0.00000338. The van der Waals surface area contributed by atoms with Crippen LogP contribution in [0.1, 0.15) is 17.3 Å². The summed E-state index contributed by atoms with van der Waals surface area (Å²) in [4.78, 5) is 9.51. The fraction of sp³-hybridized carbons (Fsp3) is 0.0222. The molecule has 0 aliphatic heterocycles. The number of pyridine rings is 2. The summed E-state index contributed by atoms with van der Waals surface area (Å²) in [7, 11) is 0. The van der Waals surface area contributed by atoms with Crippen LogP contribution in [0.25, 0.3) is 82.4 Å². The summed E-state index contributed by atoms with van der Waals surface area (Å²) in [6.45, 7) is 0. The molecular formula is C45H26FN5Pd. The van der Waals surface area contributed by atoms with Gasteiger partial charge in [0.15, 0.2) is 0 Å². The Labute approximate surface area is 310 Å². The third-order valence-electron chi connectivity index (χ3n) is 10.2. The van der Waals surface area contributed by atoms with Crippen LogP contribution < -0.4 is 0 Å². The number of benzene rings is 6. The Bertz CT molecular complexity index is 3180. The van der Waals surface area contributed by atoms with Gasteiger partial charge >= 0.3 is 20.4 Å². The van der Waals surface area contributed by atoms with Crippen LogP contribution in [0.3, 0.4) is 0 Å². The zero-order valence-corrected chi connectivity index (χ0v) is 29.0. The summed E-state index contributed by atoms with van der Waals surface area (Å²) in [5.74, 6) is 0. The van der Waals surface area contributed by atoms with Crippen molar-refractivity contribution in [2.45, 2.75) is 6.17 Å². The summed E-state index contributed by atoms with van der Waals surface area (Å²) < 4.78 is 23.2. The molecule has 0 saturated carbocycles. The van der Waals surface area contributed by atoms with E-state index in [1.54, 1.807) is 12.3 Å². The Morgan fingerprint density at radius 1 is 0.500 bits per heavy atom. The third kappa shape index (κ3) is 4.30. The Kier molecular flexibility index (Phi) is 6.91. The largest absolute Gasteiger partial charge is 2.00 e. The van der Waals surface area contributed by atoms with Gasteiger partial charge in [0.05, 0.1) is 22.2 Å². The number of fused-ring (bicyclic) bond motifs is 13.